The summed E-state index contributed by atoms with van der Waals surface area (Å²) in [7, 11) is 0. The van der Waals surface area contributed by atoms with Gasteiger partial charge in [0.1, 0.15) is 11.4 Å². The van der Waals surface area contributed by atoms with E-state index in [0.29, 0.717) is 19.0 Å². The van der Waals surface area contributed by atoms with Gasteiger partial charge in [-0.25, -0.2) is 0 Å². The zero-order valence-electron chi connectivity index (χ0n) is 12.3. The van der Waals surface area contributed by atoms with Gasteiger partial charge in [-0.2, -0.15) is 0 Å². The Balaban J connectivity index is 1.80. The van der Waals surface area contributed by atoms with E-state index in [1.54, 1.807) is 18.2 Å². The van der Waals surface area contributed by atoms with Crippen LogP contribution in [0.3, 0.4) is 0 Å². The standard InChI is InChI=1S/C18H14N2O3/c21-20(22)17-8-4-3-7-16(17)19-11-15-14-6-2-1-5-13(14)9-10-18(15)23-12-19/h1-10H,11-12H2. The van der Waals surface area contributed by atoms with Crippen LogP contribution in [-0.4, -0.2) is 11.7 Å². The second-order valence-electron chi connectivity index (χ2n) is 5.48. The number of ether oxygens (including phenoxy) is 1. The number of benzene rings is 3. The summed E-state index contributed by atoms with van der Waals surface area (Å²) in [5.41, 5.74) is 1.74. The molecule has 3 aromatic rings. The molecular formula is C18H14N2O3. The Bertz CT molecular complexity index is 908. The third-order valence-corrected chi connectivity index (χ3v) is 4.14. The molecule has 0 saturated heterocycles. The number of nitrogens with zero attached hydrogens (tertiary/aromatic N) is 2. The van der Waals surface area contributed by atoms with Crippen LogP contribution in [-0.2, 0) is 6.54 Å². The average Bonchev–Trinajstić information content (AvgIpc) is 2.61. The summed E-state index contributed by atoms with van der Waals surface area (Å²) in [5, 5.41) is 13.5. The van der Waals surface area contributed by atoms with E-state index in [0.717, 1.165) is 22.1 Å². The molecule has 4 rings (SSSR count). The van der Waals surface area contributed by atoms with Gasteiger partial charge in [-0.3, -0.25) is 10.1 Å². The molecule has 0 spiro atoms. The van der Waals surface area contributed by atoms with Crippen LogP contribution in [0.2, 0.25) is 0 Å². The summed E-state index contributed by atoms with van der Waals surface area (Å²) >= 11 is 0. The second-order valence-corrected chi connectivity index (χ2v) is 5.48. The fourth-order valence-corrected chi connectivity index (χ4v) is 3.04. The van der Waals surface area contributed by atoms with E-state index >= 15 is 0 Å². The molecule has 3 aromatic carbocycles. The lowest BCUT2D eigenvalue weighted by Gasteiger charge is -2.31. The number of rotatable bonds is 2. The van der Waals surface area contributed by atoms with Crippen LogP contribution in [0.15, 0.2) is 60.7 Å². The fraction of sp³-hybridized carbons (Fsp3) is 0.111. The summed E-state index contributed by atoms with van der Waals surface area (Å²) in [5.74, 6) is 0.846. The quantitative estimate of drug-likeness (QED) is 0.528. The Morgan fingerprint density at radius 1 is 1.00 bits per heavy atom. The largest absolute Gasteiger partial charge is 0.473 e. The number of hydrogen-bond donors (Lipinski definition) is 0. The minimum atomic E-state index is -0.353. The van der Waals surface area contributed by atoms with E-state index in [9.17, 15) is 10.1 Å². The molecule has 0 fully saturated rings. The first-order valence-corrected chi connectivity index (χ1v) is 7.36. The molecule has 0 amide bonds. The Labute approximate surface area is 132 Å². The van der Waals surface area contributed by atoms with Crippen LogP contribution in [0, 0.1) is 10.1 Å². The van der Waals surface area contributed by atoms with E-state index in [1.165, 1.54) is 6.07 Å². The Hall–Kier alpha value is -3.08. The average molecular weight is 306 g/mol. The lowest BCUT2D eigenvalue weighted by molar-refractivity contribution is -0.384. The molecule has 1 heterocycles. The van der Waals surface area contributed by atoms with E-state index in [-0.39, 0.29) is 10.6 Å². The molecule has 5 heteroatoms. The van der Waals surface area contributed by atoms with Crippen LogP contribution in [0.25, 0.3) is 10.8 Å². The van der Waals surface area contributed by atoms with Crippen molar-refractivity contribution in [2.24, 2.45) is 0 Å². The second kappa shape index (κ2) is 5.28. The first-order valence-electron chi connectivity index (χ1n) is 7.36. The van der Waals surface area contributed by atoms with Gasteiger partial charge in [0.2, 0.25) is 0 Å². The monoisotopic (exact) mass is 306 g/mol. The summed E-state index contributed by atoms with van der Waals surface area (Å²) < 4.78 is 5.84. The zero-order chi connectivity index (χ0) is 15.8. The van der Waals surface area contributed by atoms with Gasteiger partial charge in [-0.05, 0) is 22.9 Å². The molecule has 5 nitrogen and oxygen atoms in total. The van der Waals surface area contributed by atoms with Crippen LogP contribution in [0.1, 0.15) is 5.56 Å². The first-order chi connectivity index (χ1) is 11.2. The predicted molar refractivity (Wildman–Crippen MR) is 88.7 cm³/mol. The maximum atomic E-state index is 11.3. The molecule has 0 aliphatic carbocycles. The maximum absolute atomic E-state index is 11.3. The topological polar surface area (TPSA) is 55.6 Å². The van der Waals surface area contributed by atoms with Crippen LogP contribution < -0.4 is 9.64 Å². The molecule has 114 valence electrons. The lowest BCUT2D eigenvalue weighted by Crippen LogP contribution is -2.32. The van der Waals surface area contributed by atoms with Crippen LogP contribution in [0.4, 0.5) is 11.4 Å². The number of para-hydroxylation sites is 2. The number of fused-ring (bicyclic) bond motifs is 3. The number of hydrogen-bond acceptors (Lipinski definition) is 4. The molecule has 0 radical (unpaired) electrons. The summed E-state index contributed by atoms with van der Waals surface area (Å²) in [6, 6.07) is 18.9. The van der Waals surface area contributed by atoms with Crippen LogP contribution in [0.5, 0.6) is 5.75 Å². The highest BCUT2D eigenvalue weighted by molar-refractivity contribution is 5.88. The van der Waals surface area contributed by atoms with Crippen molar-refractivity contribution in [1.82, 2.24) is 0 Å². The summed E-state index contributed by atoms with van der Waals surface area (Å²) in [6.45, 7) is 0.887. The minimum Gasteiger partial charge on any atom is -0.473 e. The van der Waals surface area contributed by atoms with Crippen molar-refractivity contribution >= 4 is 22.1 Å². The number of nitro benzene ring substituents is 1. The predicted octanol–water partition coefficient (Wildman–Crippen LogP) is 4.10. The first kappa shape index (κ1) is 13.6. The zero-order valence-corrected chi connectivity index (χ0v) is 12.3. The Morgan fingerprint density at radius 2 is 1.78 bits per heavy atom. The van der Waals surface area contributed by atoms with Gasteiger partial charge in [0.15, 0.2) is 6.73 Å². The van der Waals surface area contributed by atoms with Gasteiger partial charge in [-0.1, -0.05) is 42.5 Å². The van der Waals surface area contributed by atoms with Gasteiger partial charge in [0, 0.05) is 11.6 Å². The van der Waals surface area contributed by atoms with E-state index in [4.69, 9.17) is 4.74 Å². The fourth-order valence-electron chi connectivity index (χ4n) is 3.04. The van der Waals surface area contributed by atoms with Gasteiger partial charge < -0.3 is 9.64 Å². The van der Waals surface area contributed by atoms with Crippen molar-refractivity contribution in [3.8, 4) is 5.75 Å². The van der Waals surface area contributed by atoms with Crippen molar-refractivity contribution in [1.29, 1.82) is 0 Å². The molecule has 1 aliphatic rings. The minimum absolute atomic E-state index is 0.0970. The highest BCUT2D eigenvalue weighted by Gasteiger charge is 2.24. The highest BCUT2D eigenvalue weighted by Crippen LogP contribution is 2.36. The van der Waals surface area contributed by atoms with Gasteiger partial charge >= 0.3 is 0 Å². The summed E-state index contributed by atoms with van der Waals surface area (Å²) in [4.78, 5) is 12.8. The van der Waals surface area contributed by atoms with E-state index in [2.05, 4.69) is 12.1 Å². The van der Waals surface area contributed by atoms with Crippen molar-refractivity contribution in [2.75, 3.05) is 11.6 Å². The highest BCUT2D eigenvalue weighted by atomic mass is 16.6. The Kier molecular flexibility index (Phi) is 3.12. The van der Waals surface area contributed by atoms with Gasteiger partial charge in [0.05, 0.1) is 11.5 Å². The molecule has 23 heavy (non-hydrogen) atoms. The number of anilines is 1. The molecule has 0 unspecified atom stereocenters. The smallest absolute Gasteiger partial charge is 0.292 e. The summed E-state index contributed by atoms with van der Waals surface area (Å²) in [6.07, 6.45) is 0. The van der Waals surface area contributed by atoms with Crippen molar-refractivity contribution in [3.63, 3.8) is 0 Å². The lowest BCUT2D eigenvalue weighted by atomic mass is 10.0. The van der Waals surface area contributed by atoms with Crippen LogP contribution >= 0.6 is 0 Å². The SMILES string of the molecule is O=[N+]([O-])c1ccccc1N1COc2ccc3ccccc3c2C1. The van der Waals surface area contributed by atoms with Crippen molar-refractivity contribution in [3.05, 3.63) is 76.3 Å². The van der Waals surface area contributed by atoms with E-state index < -0.39 is 0 Å². The number of nitro groups is 1. The molecule has 0 atom stereocenters. The van der Waals surface area contributed by atoms with Crippen molar-refractivity contribution < 1.29 is 9.66 Å². The normalized spacial score (nSPS) is 13.5. The molecule has 0 N–H and O–H groups in total. The van der Waals surface area contributed by atoms with Crippen molar-refractivity contribution in [2.45, 2.75) is 6.54 Å². The molecule has 0 aromatic heterocycles. The third kappa shape index (κ3) is 2.26. The van der Waals surface area contributed by atoms with Gasteiger partial charge in [0.25, 0.3) is 5.69 Å². The van der Waals surface area contributed by atoms with Gasteiger partial charge in [-0.15, -0.1) is 0 Å². The Morgan fingerprint density at radius 3 is 2.65 bits per heavy atom. The maximum Gasteiger partial charge on any atom is 0.292 e. The molecular weight excluding hydrogens is 292 g/mol. The molecule has 1 aliphatic heterocycles. The molecule has 0 bridgehead atoms. The van der Waals surface area contributed by atoms with E-state index in [1.807, 2.05) is 29.2 Å². The third-order valence-electron chi connectivity index (χ3n) is 4.14. The molecule has 0 saturated carbocycles.